The third kappa shape index (κ3) is 3.36. The number of hydrogen-bond acceptors (Lipinski definition) is 2. The first-order valence-electron chi connectivity index (χ1n) is 7.88. The minimum Gasteiger partial charge on any atom is -0.326 e. The molecule has 1 N–H and O–H groups in total. The van der Waals surface area contributed by atoms with Gasteiger partial charge in [0.05, 0.1) is 5.92 Å². The van der Waals surface area contributed by atoms with Crippen LogP contribution in [0, 0.1) is 19.8 Å². The molecule has 1 atom stereocenters. The molecular formula is C19H19BrN2O2. The van der Waals surface area contributed by atoms with Gasteiger partial charge in [-0.25, -0.2) is 0 Å². The number of halogens is 1. The molecule has 124 valence electrons. The van der Waals surface area contributed by atoms with E-state index in [1.165, 1.54) is 0 Å². The van der Waals surface area contributed by atoms with Crippen molar-refractivity contribution in [2.45, 2.75) is 20.3 Å². The van der Waals surface area contributed by atoms with Crippen LogP contribution in [0.2, 0.25) is 0 Å². The van der Waals surface area contributed by atoms with E-state index in [-0.39, 0.29) is 24.2 Å². The molecule has 0 spiro atoms. The Kier molecular flexibility index (Phi) is 4.71. The molecule has 2 aromatic carbocycles. The summed E-state index contributed by atoms with van der Waals surface area (Å²) in [4.78, 5) is 26.5. The Morgan fingerprint density at radius 2 is 1.88 bits per heavy atom. The fraction of sp³-hybridized carbons (Fsp3) is 0.263. The molecule has 0 bridgehead atoms. The molecule has 2 aromatic rings. The summed E-state index contributed by atoms with van der Waals surface area (Å²) >= 11 is 3.49. The van der Waals surface area contributed by atoms with Crippen LogP contribution in [0.1, 0.15) is 17.5 Å². The average molecular weight is 387 g/mol. The number of aryl methyl sites for hydroxylation is 2. The summed E-state index contributed by atoms with van der Waals surface area (Å²) in [7, 11) is 0. The highest BCUT2D eigenvalue weighted by Crippen LogP contribution is 2.28. The van der Waals surface area contributed by atoms with E-state index in [0.29, 0.717) is 6.54 Å². The molecule has 1 aliphatic rings. The lowest BCUT2D eigenvalue weighted by Gasteiger charge is -2.17. The zero-order chi connectivity index (χ0) is 17.3. The largest absolute Gasteiger partial charge is 0.326 e. The molecule has 4 nitrogen and oxygen atoms in total. The van der Waals surface area contributed by atoms with Crippen LogP contribution < -0.4 is 10.2 Å². The summed E-state index contributed by atoms with van der Waals surface area (Å²) in [6, 6.07) is 13.4. The number of benzene rings is 2. The van der Waals surface area contributed by atoms with Crippen molar-refractivity contribution in [1.82, 2.24) is 0 Å². The maximum absolute atomic E-state index is 12.6. The van der Waals surface area contributed by atoms with E-state index in [0.717, 1.165) is 27.0 Å². The summed E-state index contributed by atoms with van der Waals surface area (Å²) in [6.07, 6.45) is 0.245. The Labute approximate surface area is 150 Å². The zero-order valence-electron chi connectivity index (χ0n) is 13.7. The summed E-state index contributed by atoms with van der Waals surface area (Å²) in [5, 5.41) is 2.97. The van der Waals surface area contributed by atoms with E-state index in [9.17, 15) is 9.59 Å². The second kappa shape index (κ2) is 6.77. The third-order valence-corrected chi connectivity index (χ3v) is 5.18. The second-order valence-electron chi connectivity index (χ2n) is 6.15. The maximum Gasteiger partial charge on any atom is 0.229 e. The smallest absolute Gasteiger partial charge is 0.229 e. The van der Waals surface area contributed by atoms with Gasteiger partial charge >= 0.3 is 0 Å². The van der Waals surface area contributed by atoms with E-state index in [1.54, 1.807) is 4.90 Å². The highest BCUT2D eigenvalue weighted by molar-refractivity contribution is 9.10. The van der Waals surface area contributed by atoms with Crippen LogP contribution in [0.15, 0.2) is 46.9 Å². The summed E-state index contributed by atoms with van der Waals surface area (Å²) < 4.78 is 1.02. The van der Waals surface area contributed by atoms with Gasteiger partial charge in [0.15, 0.2) is 0 Å². The van der Waals surface area contributed by atoms with Gasteiger partial charge in [-0.3, -0.25) is 9.59 Å². The molecule has 24 heavy (non-hydrogen) atoms. The van der Waals surface area contributed by atoms with Gasteiger partial charge < -0.3 is 10.2 Å². The number of carbonyl (C=O) groups is 2. The molecule has 1 aliphatic heterocycles. The lowest BCUT2D eigenvalue weighted by Crippen LogP contribution is -2.28. The summed E-state index contributed by atoms with van der Waals surface area (Å²) in [6.45, 7) is 4.36. The van der Waals surface area contributed by atoms with E-state index < -0.39 is 0 Å². The van der Waals surface area contributed by atoms with Crippen molar-refractivity contribution in [3.8, 4) is 0 Å². The predicted molar refractivity (Wildman–Crippen MR) is 99.1 cm³/mol. The lowest BCUT2D eigenvalue weighted by molar-refractivity contribution is -0.122. The van der Waals surface area contributed by atoms with Crippen LogP contribution in [0.25, 0.3) is 0 Å². The number of nitrogens with zero attached hydrogens (tertiary/aromatic N) is 1. The third-order valence-electron chi connectivity index (χ3n) is 4.33. The van der Waals surface area contributed by atoms with Gasteiger partial charge in [-0.1, -0.05) is 34.1 Å². The first kappa shape index (κ1) is 16.7. The van der Waals surface area contributed by atoms with Crippen molar-refractivity contribution in [3.63, 3.8) is 0 Å². The lowest BCUT2D eigenvalue weighted by atomic mass is 10.1. The monoisotopic (exact) mass is 386 g/mol. The molecule has 1 saturated heterocycles. The Hall–Kier alpha value is -2.14. The molecule has 2 amide bonds. The number of anilines is 2. The Morgan fingerprint density at radius 1 is 1.17 bits per heavy atom. The van der Waals surface area contributed by atoms with Crippen LogP contribution in [-0.2, 0) is 9.59 Å². The van der Waals surface area contributed by atoms with Crippen LogP contribution in [0.3, 0.4) is 0 Å². The predicted octanol–water partition coefficient (Wildman–Crippen LogP) is 4.06. The fourth-order valence-electron chi connectivity index (χ4n) is 2.89. The standard InChI is InChI=1S/C19H19BrN2O2/c1-12-9-17(13(2)8-16(12)20)21-19(24)14-10-18(23)22(11-14)15-6-4-3-5-7-15/h3-9,14H,10-11H2,1-2H3,(H,21,24)/t14-/m0/s1. The van der Waals surface area contributed by atoms with Gasteiger partial charge in [0.1, 0.15) is 0 Å². The van der Waals surface area contributed by atoms with Gasteiger partial charge in [0.2, 0.25) is 11.8 Å². The van der Waals surface area contributed by atoms with Crippen molar-refractivity contribution in [2.75, 3.05) is 16.8 Å². The maximum atomic E-state index is 12.6. The molecule has 0 aromatic heterocycles. The van der Waals surface area contributed by atoms with Crippen molar-refractivity contribution in [3.05, 3.63) is 58.1 Å². The van der Waals surface area contributed by atoms with Crippen molar-refractivity contribution in [2.24, 2.45) is 5.92 Å². The second-order valence-corrected chi connectivity index (χ2v) is 7.00. The summed E-state index contributed by atoms with van der Waals surface area (Å²) in [5.74, 6) is -0.447. The van der Waals surface area contributed by atoms with Crippen LogP contribution in [0.5, 0.6) is 0 Å². The molecular weight excluding hydrogens is 368 g/mol. The van der Waals surface area contributed by atoms with E-state index >= 15 is 0 Å². The highest BCUT2D eigenvalue weighted by Gasteiger charge is 2.35. The van der Waals surface area contributed by atoms with E-state index in [4.69, 9.17) is 0 Å². The number of nitrogens with one attached hydrogen (secondary N) is 1. The topological polar surface area (TPSA) is 49.4 Å². The number of carbonyl (C=O) groups excluding carboxylic acids is 2. The minimum atomic E-state index is -0.332. The zero-order valence-corrected chi connectivity index (χ0v) is 15.3. The molecule has 0 saturated carbocycles. The number of hydrogen-bond donors (Lipinski definition) is 1. The number of para-hydroxylation sites is 1. The first-order valence-corrected chi connectivity index (χ1v) is 8.68. The van der Waals surface area contributed by atoms with Crippen LogP contribution >= 0.6 is 15.9 Å². The van der Waals surface area contributed by atoms with Crippen molar-refractivity contribution < 1.29 is 9.59 Å². The van der Waals surface area contributed by atoms with Gasteiger partial charge in [0.25, 0.3) is 0 Å². The van der Waals surface area contributed by atoms with E-state index in [1.807, 2.05) is 56.3 Å². The molecule has 0 aliphatic carbocycles. The summed E-state index contributed by atoms with van der Waals surface area (Å²) in [5.41, 5.74) is 3.69. The van der Waals surface area contributed by atoms with Gasteiger partial charge in [-0.15, -0.1) is 0 Å². The average Bonchev–Trinajstić information content (AvgIpc) is 2.95. The number of amides is 2. The molecule has 0 radical (unpaired) electrons. The fourth-order valence-corrected chi connectivity index (χ4v) is 3.35. The molecule has 5 heteroatoms. The van der Waals surface area contributed by atoms with Crippen LogP contribution in [0.4, 0.5) is 11.4 Å². The van der Waals surface area contributed by atoms with Gasteiger partial charge in [-0.2, -0.15) is 0 Å². The normalized spacial score (nSPS) is 17.2. The Bertz CT molecular complexity index is 789. The first-order chi connectivity index (χ1) is 11.5. The number of rotatable bonds is 3. The van der Waals surface area contributed by atoms with Gasteiger partial charge in [0, 0.05) is 28.8 Å². The Balaban J connectivity index is 1.73. The SMILES string of the molecule is Cc1cc(NC(=O)[C@H]2CC(=O)N(c3ccccc3)C2)c(C)cc1Br. The van der Waals surface area contributed by atoms with Crippen molar-refractivity contribution in [1.29, 1.82) is 0 Å². The Morgan fingerprint density at radius 3 is 2.58 bits per heavy atom. The molecule has 1 heterocycles. The highest BCUT2D eigenvalue weighted by atomic mass is 79.9. The van der Waals surface area contributed by atoms with E-state index in [2.05, 4.69) is 21.2 Å². The molecule has 0 unspecified atom stereocenters. The molecule has 1 fully saturated rings. The van der Waals surface area contributed by atoms with Crippen molar-refractivity contribution >= 4 is 39.1 Å². The quantitative estimate of drug-likeness (QED) is 0.864. The molecule has 3 rings (SSSR count). The van der Waals surface area contributed by atoms with Gasteiger partial charge in [-0.05, 0) is 49.2 Å². The minimum absolute atomic E-state index is 0.00920. The van der Waals surface area contributed by atoms with Crippen LogP contribution in [-0.4, -0.2) is 18.4 Å².